The van der Waals surface area contributed by atoms with E-state index < -0.39 is 0 Å². The zero-order valence-corrected chi connectivity index (χ0v) is 14.3. The first kappa shape index (κ1) is 15.2. The quantitative estimate of drug-likeness (QED) is 0.539. The molecule has 2 rings (SSSR count). The fourth-order valence-corrected chi connectivity index (χ4v) is 2.89. The molecule has 0 atom stereocenters. The Labute approximate surface area is 134 Å². The summed E-state index contributed by atoms with van der Waals surface area (Å²) >= 11 is 2.25. The first-order valence-corrected chi connectivity index (χ1v) is 7.95. The molecule has 1 nitrogen and oxygen atoms in total. The van der Waals surface area contributed by atoms with Gasteiger partial charge >= 0.3 is 0 Å². The van der Waals surface area contributed by atoms with Crippen molar-refractivity contribution in [1.29, 1.82) is 0 Å². The molecular formula is C18H19IO. The Morgan fingerprint density at radius 3 is 2.55 bits per heavy atom. The number of hydrogen-bond donors (Lipinski definition) is 0. The van der Waals surface area contributed by atoms with Crippen LogP contribution in [-0.4, -0.2) is 5.78 Å². The molecule has 0 aliphatic rings. The number of aryl methyl sites for hydroxylation is 1. The predicted molar refractivity (Wildman–Crippen MR) is 92.3 cm³/mol. The molecule has 0 N–H and O–H groups in total. The normalized spacial score (nSPS) is 10.8. The van der Waals surface area contributed by atoms with Crippen LogP contribution in [0.2, 0.25) is 0 Å². The maximum Gasteiger partial charge on any atom is 0.194 e. The van der Waals surface area contributed by atoms with Gasteiger partial charge in [0.2, 0.25) is 0 Å². The van der Waals surface area contributed by atoms with E-state index in [2.05, 4.69) is 42.5 Å². The number of rotatable bonds is 4. The molecule has 0 aliphatic carbocycles. The highest BCUT2D eigenvalue weighted by atomic mass is 127. The summed E-state index contributed by atoms with van der Waals surface area (Å²) in [5.41, 5.74) is 3.96. The predicted octanol–water partition coefficient (Wildman–Crippen LogP) is 5.03. The molecule has 20 heavy (non-hydrogen) atoms. The third kappa shape index (κ3) is 3.48. The average molecular weight is 378 g/mol. The molecule has 0 fully saturated rings. The van der Waals surface area contributed by atoms with Crippen molar-refractivity contribution in [3.8, 4) is 0 Å². The molecule has 2 heteroatoms. The summed E-state index contributed by atoms with van der Waals surface area (Å²) in [6.45, 7) is 6.42. The van der Waals surface area contributed by atoms with E-state index in [4.69, 9.17) is 0 Å². The zero-order valence-electron chi connectivity index (χ0n) is 12.1. The summed E-state index contributed by atoms with van der Waals surface area (Å²) in [5.74, 6) is 0.711. The fraction of sp³-hybridized carbons (Fsp3) is 0.278. The van der Waals surface area contributed by atoms with Gasteiger partial charge in [0, 0.05) is 14.7 Å². The number of hydrogen-bond acceptors (Lipinski definition) is 1. The Kier molecular flexibility index (Phi) is 4.97. The molecule has 104 valence electrons. The third-order valence-electron chi connectivity index (χ3n) is 3.27. The van der Waals surface area contributed by atoms with Crippen LogP contribution in [-0.2, 0) is 6.42 Å². The molecule has 0 aromatic heterocycles. The maximum atomic E-state index is 12.7. The first-order valence-electron chi connectivity index (χ1n) is 6.87. The van der Waals surface area contributed by atoms with Crippen LogP contribution < -0.4 is 0 Å². The SMILES string of the molecule is Cc1cccc(C(=O)c2cccc(CC(C)C)c2)c1I. The van der Waals surface area contributed by atoms with E-state index >= 15 is 0 Å². The van der Waals surface area contributed by atoms with Crippen molar-refractivity contribution in [2.45, 2.75) is 27.2 Å². The molecule has 2 aromatic carbocycles. The molecule has 2 aromatic rings. The van der Waals surface area contributed by atoms with Crippen molar-refractivity contribution >= 4 is 28.4 Å². The largest absolute Gasteiger partial charge is 0.289 e. The summed E-state index contributed by atoms with van der Waals surface area (Å²) in [6, 6.07) is 13.9. The minimum atomic E-state index is 0.115. The van der Waals surface area contributed by atoms with Gasteiger partial charge in [-0.1, -0.05) is 44.2 Å². The smallest absolute Gasteiger partial charge is 0.194 e. The Bertz CT molecular complexity index is 629. The third-order valence-corrected chi connectivity index (χ3v) is 4.70. The summed E-state index contributed by atoms with van der Waals surface area (Å²) in [5, 5.41) is 0. The van der Waals surface area contributed by atoms with Crippen LogP contribution in [0.3, 0.4) is 0 Å². The fourth-order valence-electron chi connectivity index (χ4n) is 2.29. The highest BCUT2D eigenvalue weighted by Gasteiger charge is 2.14. The molecule has 0 amide bonds. The van der Waals surface area contributed by atoms with Crippen molar-refractivity contribution < 1.29 is 4.79 Å². The molecule has 0 radical (unpaired) electrons. The van der Waals surface area contributed by atoms with E-state index in [1.165, 1.54) is 5.56 Å². The number of carbonyl (C=O) groups is 1. The van der Waals surface area contributed by atoms with Gasteiger partial charge in [-0.15, -0.1) is 0 Å². The van der Waals surface area contributed by atoms with Crippen LogP contribution in [0.4, 0.5) is 0 Å². The zero-order chi connectivity index (χ0) is 14.7. The highest BCUT2D eigenvalue weighted by molar-refractivity contribution is 14.1. The number of benzene rings is 2. The lowest BCUT2D eigenvalue weighted by Gasteiger charge is -2.09. The molecule has 0 saturated heterocycles. The second-order valence-electron chi connectivity index (χ2n) is 5.56. The molecule has 0 bridgehead atoms. The van der Waals surface area contributed by atoms with Gasteiger partial charge in [0.1, 0.15) is 0 Å². The molecule has 0 heterocycles. The van der Waals surface area contributed by atoms with Gasteiger partial charge in [-0.3, -0.25) is 4.79 Å². The van der Waals surface area contributed by atoms with E-state index in [-0.39, 0.29) is 5.78 Å². The lowest BCUT2D eigenvalue weighted by molar-refractivity contribution is 0.103. The number of ketones is 1. The molecular weight excluding hydrogens is 359 g/mol. The van der Waals surface area contributed by atoms with Crippen LogP contribution in [0.5, 0.6) is 0 Å². The Hall–Kier alpha value is -1.16. The van der Waals surface area contributed by atoms with E-state index in [0.29, 0.717) is 5.92 Å². The van der Waals surface area contributed by atoms with E-state index in [1.807, 2.05) is 43.3 Å². The highest BCUT2D eigenvalue weighted by Crippen LogP contribution is 2.21. The lowest BCUT2D eigenvalue weighted by atomic mass is 9.97. The number of carbonyl (C=O) groups excluding carboxylic acids is 1. The minimum Gasteiger partial charge on any atom is -0.289 e. The lowest BCUT2D eigenvalue weighted by Crippen LogP contribution is -2.06. The monoisotopic (exact) mass is 378 g/mol. The van der Waals surface area contributed by atoms with Crippen LogP contribution in [0.25, 0.3) is 0 Å². The van der Waals surface area contributed by atoms with Gasteiger partial charge < -0.3 is 0 Å². The first-order chi connectivity index (χ1) is 9.49. The Morgan fingerprint density at radius 1 is 1.15 bits per heavy atom. The summed E-state index contributed by atoms with van der Waals surface area (Å²) in [6.07, 6.45) is 1.01. The van der Waals surface area contributed by atoms with Crippen LogP contribution in [0, 0.1) is 16.4 Å². The number of halogens is 1. The van der Waals surface area contributed by atoms with Gasteiger partial charge in [-0.25, -0.2) is 0 Å². The molecule has 0 aliphatic heterocycles. The van der Waals surface area contributed by atoms with Gasteiger partial charge in [0.25, 0.3) is 0 Å². The van der Waals surface area contributed by atoms with Crippen molar-refractivity contribution in [3.63, 3.8) is 0 Å². The minimum absolute atomic E-state index is 0.115. The topological polar surface area (TPSA) is 17.1 Å². The van der Waals surface area contributed by atoms with E-state index in [1.54, 1.807) is 0 Å². The van der Waals surface area contributed by atoms with Crippen molar-refractivity contribution in [1.82, 2.24) is 0 Å². The Morgan fingerprint density at radius 2 is 1.85 bits per heavy atom. The maximum absolute atomic E-state index is 12.7. The molecule has 0 saturated carbocycles. The molecule has 0 unspecified atom stereocenters. The molecule has 0 spiro atoms. The summed E-state index contributed by atoms with van der Waals surface area (Å²) in [7, 11) is 0. The second kappa shape index (κ2) is 6.53. The van der Waals surface area contributed by atoms with Crippen molar-refractivity contribution in [2.75, 3.05) is 0 Å². The van der Waals surface area contributed by atoms with Crippen molar-refractivity contribution in [3.05, 3.63) is 68.3 Å². The van der Waals surface area contributed by atoms with Gasteiger partial charge in [-0.2, -0.15) is 0 Å². The average Bonchev–Trinajstić information content (AvgIpc) is 2.41. The second-order valence-corrected chi connectivity index (χ2v) is 6.64. The Balaban J connectivity index is 2.36. The summed E-state index contributed by atoms with van der Waals surface area (Å²) in [4.78, 5) is 12.7. The van der Waals surface area contributed by atoms with Crippen LogP contribution in [0.1, 0.15) is 40.9 Å². The van der Waals surface area contributed by atoms with Gasteiger partial charge in [0.15, 0.2) is 5.78 Å². The van der Waals surface area contributed by atoms with E-state index in [9.17, 15) is 4.79 Å². The van der Waals surface area contributed by atoms with Gasteiger partial charge in [-0.05, 0) is 65.1 Å². The summed E-state index contributed by atoms with van der Waals surface area (Å²) < 4.78 is 1.05. The van der Waals surface area contributed by atoms with Crippen molar-refractivity contribution in [2.24, 2.45) is 5.92 Å². The van der Waals surface area contributed by atoms with Crippen LogP contribution in [0.15, 0.2) is 42.5 Å². The van der Waals surface area contributed by atoms with Gasteiger partial charge in [0.05, 0.1) is 0 Å². The van der Waals surface area contributed by atoms with Crippen LogP contribution >= 0.6 is 22.6 Å². The van der Waals surface area contributed by atoms with E-state index in [0.717, 1.165) is 26.7 Å². The standard InChI is InChI=1S/C18H19IO/c1-12(2)10-14-7-5-8-15(11-14)18(20)16-9-4-6-13(3)17(16)19/h4-9,11-12H,10H2,1-3H3.